The molecule has 0 saturated carbocycles. The number of nitrogens with one attached hydrogen (secondary N) is 2. The zero-order valence-electron chi connectivity index (χ0n) is 14.0. The summed E-state index contributed by atoms with van der Waals surface area (Å²) in [5.74, 6) is -1.53. The largest absolute Gasteiger partial charge is 0.483 e. The molecule has 4 aliphatic rings. The SMILES string of the molecule is O=C1CCC(N2C(=O)c3ccc4c(c3C2=O)OC2(CC4)CNC2)C(=O)N1. The Morgan fingerprint density at radius 2 is 1.88 bits per heavy atom. The van der Waals surface area contributed by atoms with Gasteiger partial charge in [0.05, 0.1) is 11.1 Å². The van der Waals surface area contributed by atoms with Crippen molar-refractivity contribution in [3.05, 3.63) is 28.8 Å². The van der Waals surface area contributed by atoms with Crippen molar-refractivity contribution in [1.29, 1.82) is 0 Å². The molecule has 26 heavy (non-hydrogen) atoms. The van der Waals surface area contributed by atoms with E-state index in [2.05, 4.69) is 10.6 Å². The van der Waals surface area contributed by atoms with Gasteiger partial charge in [-0.1, -0.05) is 6.07 Å². The number of piperidine rings is 1. The molecule has 0 radical (unpaired) electrons. The van der Waals surface area contributed by atoms with Gasteiger partial charge < -0.3 is 10.1 Å². The van der Waals surface area contributed by atoms with E-state index in [1.807, 2.05) is 6.07 Å². The Morgan fingerprint density at radius 3 is 2.58 bits per heavy atom. The maximum Gasteiger partial charge on any atom is 0.266 e. The van der Waals surface area contributed by atoms with E-state index in [1.165, 1.54) is 0 Å². The number of carbonyl (C=O) groups is 4. The average Bonchev–Trinajstić information content (AvgIpc) is 2.85. The van der Waals surface area contributed by atoms with E-state index in [9.17, 15) is 19.2 Å². The third kappa shape index (κ3) is 1.99. The van der Waals surface area contributed by atoms with Crippen LogP contribution in [0, 0.1) is 0 Å². The van der Waals surface area contributed by atoms with Crippen LogP contribution in [0.25, 0.3) is 0 Å². The molecule has 8 heteroatoms. The number of nitrogens with zero attached hydrogens (tertiary/aromatic N) is 1. The number of carbonyl (C=O) groups excluding carboxylic acids is 4. The van der Waals surface area contributed by atoms with Gasteiger partial charge in [0.1, 0.15) is 17.4 Å². The van der Waals surface area contributed by atoms with Crippen molar-refractivity contribution in [2.24, 2.45) is 0 Å². The van der Waals surface area contributed by atoms with E-state index in [0.717, 1.165) is 36.4 Å². The smallest absolute Gasteiger partial charge is 0.266 e. The maximum absolute atomic E-state index is 13.1. The van der Waals surface area contributed by atoms with Gasteiger partial charge in [-0.3, -0.25) is 29.4 Å². The lowest BCUT2D eigenvalue weighted by molar-refractivity contribution is -0.136. The summed E-state index contributed by atoms with van der Waals surface area (Å²) >= 11 is 0. The number of aryl methyl sites for hydroxylation is 1. The first kappa shape index (κ1) is 15.5. The van der Waals surface area contributed by atoms with E-state index in [-0.39, 0.29) is 35.5 Å². The second kappa shape index (κ2) is 5.14. The topological polar surface area (TPSA) is 105 Å². The van der Waals surface area contributed by atoms with Gasteiger partial charge in [0, 0.05) is 19.5 Å². The summed E-state index contributed by atoms with van der Waals surface area (Å²) in [5.41, 5.74) is 1.12. The minimum atomic E-state index is -0.960. The quantitative estimate of drug-likeness (QED) is 0.674. The summed E-state index contributed by atoms with van der Waals surface area (Å²) < 4.78 is 6.18. The van der Waals surface area contributed by atoms with Crippen molar-refractivity contribution in [3.8, 4) is 5.75 Å². The highest BCUT2D eigenvalue weighted by atomic mass is 16.5. The van der Waals surface area contributed by atoms with Gasteiger partial charge in [-0.25, -0.2) is 0 Å². The third-order valence-electron chi connectivity index (χ3n) is 5.71. The Hall–Kier alpha value is -2.74. The van der Waals surface area contributed by atoms with Crippen LogP contribution in [0.15, 0.2) is 12.1 Å². The second-order valence-corrected chi connectivity index (χ2v) is 7.31. The lowest BCUT2D eigenvalue weighted by atomic mass is 9.85. The van der Waals surface area contributed by atoms with Crippen LogP contribution >= 0.6 is 0 Å². The molecule has 5 rings (SSSR count). The normalized spacial score (nSPS) is 26.2. The van der Waals surface area contributed by atoms with Crippen LogP contribution in [0.4, 0.5) is 0 Å². The molecule has 1 atom stereocenters. The number of hydrogen-bond acceptors (Lipinski definition) is 6. The van der Waals surface area contributed by atoms with Gasteiger partial charge in [-0.2, -0.15) is 0 Å². The molecule has 2 N–H and O–H groups in total. The predicted octanol–water partition coefficient (Wildman–Crippen LogP) is -0.245. The van der Waals surface area contributed by atoms with Crippen LogP contribution in [0.1, 0.15) is 45.5 Å². The number of benzene rings is 1. The molecule has 1 spiro atoms. The fourth-order valence-electron chi connectivity index (χ4n) is 4.17. The van der Waals surface area contributed by atoms with Crippen LogP contribution < -0.4 is 15.4 Å². The van der Waals surface area contributed by atoms with Crippen LogP contribution in [-0.2, 0) is 16.0 Å². The van der Waals surface area contributed by atoms with Gasteiger partial charge >= 0.3 is 0 Å². The van der Waals surface area contributed by atoms with Gasteiger partial charge in [0.15, 0.2) is 0 Å². The second-order valence-electron chi connectivity index (χ2n) is 7.31. The standard InChI is InChI=1S/C18H17N3O5/c22-12-4-3-11(15(23)20-12)21-16(24)10-2-1-9-5-6-18(7-19-8-18)26-14(9)13(10)17(21)25/h1-2,11,19H,3-8H2,(H,20,22,23). The van der Waals surface area contributed by atoms with E-state index in [0.29, 0.717) is 5.75 Å². The monoisotopic (exact) mass is 355 g/mol. The fraction of sp³-hybridized carbons (Fsp3) is 0.444. The molecule has 1 unspecified atom stereocenters. The number of hydrogen-bond donors (Lipinski definition) is 2. The minimum absolute atomic E-state index is 0.104. The molecule has 1 aromatic carbocycles. The molecule has 1 aromatic rings. The first-order chi connectivity index (χ1) is 12.5. The van der Waals surface area contributed by atoms with Gasteiger partial charge in [0.2, 0.25) is 11.8 Å². The number of imide groups is 2. The van der Waals surface area contributed by atoms with Crippen molar-refractivity contribution in [2.45, 2.75) is 37.3 Å². The van der Waals surface area contributed by atoms with E-state index in [1.54, 1.807) is 6.07 Å². The third-order valence-corrected chi connectivity index (χ3v) is 5.71. The van der Waals surface area contributed by atoms with Crippen molar-refractivity contribution in [1.82, 2.24) is 15.5 Å². The van der Waals surface area contributed by atoms with Gasteiger partial charge in [-0.15, -0.1) is 0 Å². The predicted molar refractivity (Wildman–Crippen MR) is 87.7 cm³/mol. The van der Waals surface area contributed by atoms with Crippen molar-refractivity contribution >= 4 is 23.6 Å². The molecule has 0 bridgehead atoms. The molecule has 0 aliphatic carbocycles. The van der Waals surface area contributed by atoms with Gasteiger partial charge in [-0.05, 0) is 30.9 Å². The Kier molecular flexibility index (Phi) is 3.06. The molecule has 0 aromatic heterocycles. The zero-order valence-corrected chi connectivity index (χ0v) is 14.0. The molecule has 8 nitrogen and oxygen atoms in total. The Bertz CT molecular complexity index is 889. The average molecular weight is 355 g/mol. The van der Waals surface area contributed by atoms with Crippen LogP contribution in [0.2, 0.25) is 0 Å². The molecule has 4 aliphatic heterocycles. The Labute approximate surface area is 148 Å². The summed E-state index contributed by atoms with van der Waals surface area (Å²) in [5, 5.41) is 5.39. The first-order valence-corrected chi connectivity index (χ1v) is 8.76. The van der Waals surface area contributed by atoms with E-state index in [4.69, 9.17) is 4.74 Å². The van der Waals surface area contributed by atoms with Crippen molar-refractivity contribution < 1.29 is 23.9 Å². The molecular formula is C18H17N3O5. The lowest BCUT2D eigenvalue weighted by Crippen LogP contribution is -2.64. The fourth-order valence-corrected chi connectivity index (χ4v) is 4.17. The summed E-state index contributed by atoms with van der Waals surface area (Å²) in [6.45, 7) is 1.43. The van der Waals surface area contributed by atoms with Crippen LogP contribution in [-0.4, -0.2) is 53.3 Å². The van der Waals surface area contributed by atoms with Crippen LogP contribution in [0.5, 0.6) is 5.75 Å². The van der Waals surface area contributed by atoms with Crippen molar-refractivity contribution in [3.63, 3.8) is 0 Å². The molecule has 2 fully saturated rings. The molecule has 2 saturated heterocycles. The van der Waals surface area contributed by atoms with E-state index < -0.39 is 23.8 Å². The molecule has 4 amide bonds. The van der Waals surface area contributed by atoms with Crippen LogP contribution in [0.3, 0.4) is 0 Å². The highest BCUT2D eigenvalue weighted by Crippen LogP contribution is 2.42. The summed E-state index contributed by atoms with van der Waals surface area (Å²) in [7, 11) is 0. The first-order valence-electron chi connectivity index (χ1n) is 8.76. The highest BCUT2D eigenvalue weighted by Gasteiger charge is 2.49. The summed E-state index contributed by atoms with van der Waals surface area (Å²) in [4.78, 5) is 50.4. The zero-order chi connectivity index (χ0) is 18.1. The van der Waals surface area contributed by atoms with Gasteiger partial charge in [0.25, 0.3) is 11.8 Å². The number of ether oxygens (including phenoxy) is 1. The summed E-state index contributed by atoms with van der Waals surface area (Å²) in [6.07, 6.45) is 1.90. The van der Waals surface area contributed by atoms with E-state index >= 15 is 0 Å². The summed E-state index contributed by atoms with van der Waals surface area (Å²) in [6, 6.07) is 2.51. The maximum atomic E-state index is 13.1. The Balaban J connectivity index is 1.54. The minimum Gasteiger partial charge on any atom is -0.483 e. The lowest BCUT2D eigenvalue weighted by Gasteiger charge is -2.46. The van der Waals surface area contributed by atoms with Crippen molar-refractivity contribution in [2.75, 3.05) is 13.1 Å². The highest BCUT2D eigenvalue weighted by molar-refractivity contribution is 6.24. The number of rotatable bonds is 1. The number of fused-ring (bicyclic) bond motifs is 3. The number of amides is 4. The molecule has 134 valence electrons. The Morgan fingerprint density at radius 1 is 1.08 bits per heavy atom. The molecule has 4 heterocycles. The molecular weight excluding hydrogens is 338 g/mol.